The molecule has 1 aromatic carbocycles. The summed E-state index contributed by atoms with van der Waals surface area (Å²) in [6, 6.07) is 4.57. The second-order valence-electron chi connectivity index (χ2n) is 5.21. The van der Waals surface area contributed by atoms with Crippen LogP contribution < -0.4 is 5.32 Å². The fourth-order valence-corrected chi connectivity index (χ4v) is 2.65. The highest BCUT2D eigenvalue weighted by Crippen LogP contribution is 2.23. The molecule has 1 nitrogen and oxygen atoms in total. The van der Waals surface area contributed by atoms with Gasteiger partial charge < -0.3 is 5.32 Å². The number of nitrogens with one attached hydrogen (secondary N) is 1. The maximum absolute atomic E-state index is 13.7. The fourth-order valence-electron chi connectivity index (χ4n) is 2.65. The minimum absolute atomic E-state index is 0.167. The number of halogens is 2. The Bertz CT molecular complexity index is 454. The van der Waals surface area contributed by atoms with E-state index in [0.29, 0.717) is 12.0 Å². The van der Waals surface area contributed by atoms with E-state index in [9.17, 15) is 8.78 Å². The van der Waals surface area contributed by atoms with Gasteiger partial charge in [0.15, 0.2) is 11.6 Å². The van der Waals surface area contributed by atoms with Crippen molar-refractivity contribution in [3.63, 3.8) is 0 Å². The van der Waals surface area contributed by atoms with Crippen molar-refractivity contribution in [2.24, 2.45) is 0 Å². The molecule has 2 rings (SSSR count). The summed E-state index contributed by atoms with van der Waals surface area (Å²) in [7, 11) is 1.88. The normalized spacial score (nSPS) is 17.1. The van der Waals surface area contributed by atoms with Crippen molar-refractivity contribution in [1.82, 2.24) is 5.32 Å². The molecule has 0 saturated carbocycles. The molecule has 0 spiro atoms. The topological polar surface area (TPSA) is 12.0 Å². The van der Waals surface area contributed by atoms with E-state index in [1.165, 1.54) is 18.4 Å². The number of rotatable bonds is 5. The van der Waals surface area contributed by atoms with E-state index in [0.717, 1.165) is 25.3 Å². The van der Waals surface area contributed by atoms with E-state index in [1.54, 1.807) is 12.1 Å². The summed E-state index contributed by atoms with van der Waals surface area (Å²) >= 11 is 0. The molecule has 1 atom stereocenters. The van der Waals surface area contributed by atoms with Crippen molar-refractivity contribution in [3.05, 3.63) is 47.0 Å². The van der Waals surface area contributed by atoms with E-state index in [-0.39, 0.29) is 6.04 Å². The largest absolute Gasteiger partial charge is 0.316 e. The third-order valence-corrected chi connectivity index (χ3v) is 3.80. The van der Waals surface area contributed by atoms with Gasteiger partial charge in [0.25, 0.3) is 0 Å². The number of hydrogen-bond acceptors (Lipinski definition) is 1. The Kier molecular flexibility index (Phi) is 5.08. The molecule has 0 fully saturated rings. The van der Waals surface area contributed by atoms with Gasteiger partial charge in [-0.2, -0.15) is 0 Å². The van der Waals surface area contributed by atoms with Crippen LogP contribution in [0.5, 0.6) is 0 Å². The zero-order valence-corrected chi connectivity index (χ0v) is 11.4. The molecule has 1 aliphatic carbocycles. The first kappa shape index (κ1) is 14.2. The lowest BCUT2D eigenvalue weighted by Crippen LogP contribution is -2.28. The van der Waals surface area contributed by atoms with Crippen LogP contribution in [0, 0.1) is 11.6 Å². The molecule has 0 amide bonds. The van der Waals surface area contributed by atoms with Gasteiger partial charge in [-0.25, -0.2) is 8.78 Å². The number of hydrogen-bond donors (Lipinski definition) is 1. The van der Waals surface area contributed by atoms with Crippen molar-refractivity contribution >= 4 is 0 Å². The van der Waals surface area contributed by atoms with Crippen LogP contribution in [0.3, 0.4) is 0 Å². The zero-order chi connectivity index (χ0) is 13.7. The molecule has 1 N–H and O–H groups in total. The maximum atomic E-state index is 13.7. The van der Waals surface area contributed by atoms with Crippen LogP contribution in [0.2, 0.25) is 0 Å². The van der Waals surface area contributed by atoms with E-state index >= 15 is 0 Å². The second kappa shape index (κ2) is 6.80. The Morgan fingerprint density at radius 2 is 2.05 bits per heavy atom. The molecule has 1 aromatic rings. The number of likely N-dealkylation sites (N-methyl/N-ethyl adjacent to an activating group) is 1. The molecule has 104 valence electrons. The van der Waals surface area contributed by atoms with Gasteiger partial charge in [-0.05, 0) is 57.2 Å². The molecule has 1 aliphatic rings. The lowest BCUT2D eigenvalue weighted by atomic mass is 9.92. The SMILES string of the molecule is CNC(CC1=CCCCC1)Cc1cccc(F)c1F. The molecule has 0 saturated heterocycles. The highest BCUT2D eigenvalue weighted by atomic mass is 19.2. The van der Waals surface area contributed by atoms with E-state index in [1.807, 2.05) is 7.05 Å². The molecular weight excluding hydrogens is 244 g/mol. The van der Waals surface area contributed by atoms with Crippen molar-refractivity contribution < 1.29 is 8.78 Å². The van der Waals surface area contributed by atoms with Gasteiger partial charge in [-0.3, -0.25) is 0 Å². The predicted octanol–water partition coefficient (Wildman–Crippen LogP) is 3.99. The van der Waals surface area contributed by atoms with Crippen molar-refractivity contribution in [2.45, 2.75) is 44.6 Å². The predicted molar refractivity (Wildman–Crippen MR) is 74.1 cm³/mol. The molecule has 19 heavy (non-hydrogen) atoms. The standard InChI is InChI=1S/C16H21F2N/c1-19-14(10-12-6-3-2-4-7-12)11-13-8-5-9-15(17)16(13)18/h5-6,8-9,14,19H,2-4,7,10-11H2,1H3. The average molecular weight is 265 g/mol. The minimum atomic E-state index is -0.760. The molecule has 0 aromatic heterocycles. The Morgan fingerprint density at radius 1 is 1.21 bits per heavy atom. The Hall–Kier alpha value is -1.22. The summed E-state index contributed by atoms with van der Waals surface area (Å²) in [6.07, 6.45) is 8.56. The molecule has 0 aliphatic heterocycles. The van der Waals surface area contributed by atoms with Gasteiger partial charge in [0.05, 0.1) is 0 Å². The van der Waals surface area contributed by atoms with Gasteiger partial charge in [-0.15, -0.1) is 0 Å². The first-order chi connectivity index (χ1) is 9.20. The Balaban J connectivity index is 2.02. The number of benzene rings is 1. The Morgan fingerprint density at radius 3 is 2.74 bits per heavy atom. The second-order valence-corrected chi connectivity index (χ2v) is 5.21. The summed E-state index contributed by atoms with van der Waals surface area (Å²) in [5, 5.41) is 3.21. The lowest BCUT2D eigenvalue weighted by Gasteiger charge is -2.20. The van der Waals surface area contributed by atoms with Crippen LogP contribution >= 0.6 is 0 Å². The molecule has 0 bridgehead atoms. The van der Waals surface area contributed by atoms with Crippen LogP contribution in [0.4, 0.5) is 8.78 Å². The van der Waals surface area contributed by atoms with Gasteiger partial charge in [0, 0.05) is 6.04 Å². The van der Waals surface area contributed by atoms with Crippen LogP contribution in [0.1, 0.15) is 37.7 Å². The summed E-state index contributed by atoms with van der Waals surface area (Å²) in [5.41, 5.74) is 1.90. The average Bonchev–Trinajstić information content (AvgIpc) is 2.44. The van der Waals surface area contributed by atoms with Crippen molar-refractivity contribution in [3.8, 4) is 0 Å². The first-order valence-electron chi connectivity index (χ1n) is 6.98. The van der Waals surface area contributed by atoms with Crippen molar-refractivity contribution in [2.75, 3.05) is 7.05 Å². The highest BCUT2D eigenvalue weighted by molar-refractivity contribution is 5.21. The maximum Gasteiger partial charge on any atom is 0.162 e. The molecule has 3 heteroatoms. The number of allylic oxidation sites excluding steroid dienone is 1. The van der Waals surface area contributed by atoms with Crippen LogP contribution in [0.25, 0.3) is 0 Å². The minimum Gasteiger partial charge on any atom is -0.316 e. The zero-order valence-electron chi connectivity index (χ0n) is 11.4. The van der Waals surface area contributed by atoms with Crippen LogP contribution in [0.15, 0.2) is 29.8 Å². The van der Waals surface area contributed by atoms with Gasteiger partial charge in [0.1, 0.15) is 0 Å². The summed E-state index contributed by atoms with van der Waals surface area (Å²) in [4.78, 5) is 0. The van der Waals surface area contributed by atoms with Crippen molar-refractivity contribution in [1.29, 1.82) is 0 Å². The molecular formula is C16H21F2N. The molecule has 1 unspecified atom stereocenters. The molecule has 0 radical (unpaired) electrons. The van der Waals surface area contributed by atoms with Gasteiger partial charge >= 0.3 is 0 Å². The Labute approximate surface area is 113 Å². The van der Waals surface area contributed by atoms with Gasteiger partial charge in [0.2, 0.25) is 0 Å². The van der Waals surface area contributed by atoms with E-state index in [4.69, 9.17) is 0 Å². The third-order valence-electron chi connectivity index (χ3n) is 3.80. The monoisotopic (exact) mass is 265 g/mol. The van der Waals surface area contributed by atoms with E-state index < -0.39 is 11.6 Å². The summed E-state index contributed by atoms with van der Waals surface area (Å²) < 4.78 is 26.8. The van der Waals surface area contributed by atoms with Gasteiger partial charge in [-0.1, -0.05) is 23.8 Å². The third kappa shape index (κ3) is 3.87. The van der Waals surface area contributed by atoms with E-state index in [2.05, 4.69) is 11.4 Å². The first-order valence-corrected chi connectivity index (χ1v) is 6.98. The smallest absolute Gasteiger partial charge is 0.162 e. The molecule has 0 heterocycles. The lowest BCUT2D eigenvalue weighted by molar-refractivity contribution is 0.478. The summed E-state index contributed by atoms with van der Waals surface area (Å²) in [6.45, 7) is 0. The van der Waals surface area contributed by atoms with Crippen LogP contribution in [-0.2, 0) is 6.42 Å². The summed E-state index contributed by atoms with van der Waals surface area (Å²) in [5.74, 6) is -1.47. The van der Waals surface area contributed by atoms with Crippen LogP contribution in [-0.4, -0.2) is 13.1 Å². The quantitative estimate of drug-likeness (QED) is 0.794. The highest BCUT2D eigenvalue weighted by Gasteiger charge is 2.15. The fraction of sp³-hybridized carbons (Fsp3) is 0.500.